The van der Waals surface area contributed by atoms with Crippen LogP contribution in [0, 0.1) is 11.6 Å². The lowest BCUT2D eigenvalue weighted by Gasteiger charge is -2.33. The Hall–Kier alpha value is -3.39. The number of anilines is 2. The summed E-state index contributed by atoms with van der Waals surface area (Å²) in [6, 6.07) is 17.3. The number of urea groups is 1. The molecule has 5 rings (SSSR count). The van der Waals surface area contributed by atoms with Gasteiger partial charge in [-0.05, 0) is 59.5 Å². The summed E-state index contributed by atoms with van der Waals surface area (Å²) < 4.78 is 27.8. The number of rotatable bonds is 4. The van der Waals surface area contributed by atoms with Crippen molar-refractivity contribution in [1.29, 1.82) is 0 Å². The molecule has 1 fully saturated rings. The predicted molar refractivity (Wildman–Crippen MR) is 134 cm³/mol. The van der Waals surface area contributed by atoms with E-state index in [1.54, 1.807) is 23.1 Å². The number of benzene rings is 3. The minimum Gasteiger partial charge on any atom is -0.308 e. The van der Waals surface area contributed by atoms with E-state index < -0.39 is 16.7 Å². The lowest BCUT2D eigenvalue weighted by molar-refractivity contribution is -0.123. The third kappa shape index (κ3) is 4.05. The van der Waals surface area contributed by atoms with Crippen molar-refractivity contribution >= 4 is 35.1 Å². The van der Waals surface area contributed by atoms with E-state index in [4.69, 9.17) is 0 Å². The van der Waals surface area contributed by atoms with Crippen molar-refractivity contribution in [3.8, 4) is 0 Å². The minimum atomic E-state index is -1.36. The molecule has 0 aliphatic carbocycles. The molecule has 0 bridgehead atoms. The van der Waals surface area contributed by atoms with E-state index in [2.05, 4.69) is 19.2 Å². The van der Waals surface area contributed by atoms with Crippen molar-refractivity contribution in [3.63, 3.8) is 0 Å². The van der Waals surface area contributed by atoms with Gasteiger partial charge >= 0.3 is 6.03 Å². The smallest absolute Gasteiger partial charge is 0.308 e. The fourth-order valence-corrected chi connectivity index (χ4v) is 6.11. The number of carbonyl (C=O) groups excluding carboxylic acids is 2. The van der Waals surface area contributed by atoms with Crippen LogP contribution in [0.4, 0.5) is 25.0 Å². The van der Waals surface area contributed by atoms with Crippen LogP contribution in [0.5, 0.6) is 0 Å². The van der Waals surface area contributed by atoms with Crippen LogP contribution < -0.4 is 10.2 Å². The highest BCUT2D eigenvalue weighted by Crippen LogP contribution is 2.54. The maximum absolute atomic E-state index is 14.4. The Labute approximate surface area is 207 Å². The van der Waals surface area contributed by atoms with Gasteiger partial charge in [0.2, 0.25) is 0 Å². The summed E-state index contributed by atoms with van der Waals surface area (Å²) in [7, 11) is 0. The van der Waals surface area contributed by atoms with Crippen LogP contribution in [0.1, 0.15) is 36.5 Å². The zero-order valence-electron chi connectivity index (χ0n) is 19.4. The van der Waals surface area contributed by atoms with Gasteiger partial charge in [0.1, 0.15) is 11.6 Å². The highest BCUT2D eigenvalue weighted by molar-refractivity contribution is 8.01. The summed E-state index contributed by atoms with van der Waals surface area (Å²) in [6.45, 7) is 4.72. The lowest BCUT2D eigenvalue weighted by atomic mass is 10.0. The Morgan fingerprint density at radius 1 is 1.03 bits per heavy atom. The molecule has 2 heterocycles. The van der Waals surface area contributed by atoms with E-state index in [-0.39, 0.29) is 18.3 Å². The zero-order valence-corrected chi connectivity index (χ0v) is 20.2. The Morgan fingerprint density at radius 2 is 1.71 bits per heavy atom. The summed E-state index contributed by atoms with van der Waals surface area (Å²) in [5.41, 5.74) is 3.52. The molecule has 1 spiro atoms. The van der Waals surface area contributed by atoms with Gasteiger partial charge in [-0.15, -0.1) is 11.8 Å². The van der Waals surface area contributed by atoms with Crippen LogP contribution in [0.25, 0.3) is 0 Å². The second-order valence-corrected chi connectivity index (χ2v) is 10.3. The van der Waals surface area contributed by atoms with Crippen LogP contribution in [0.15, 0.2) is 66.7 Å². The summed E-state index contributed by atoms with van der Waals surface area (Å²) >= 11 is 1.33. The number of hydrogen-bond acceptors (Lipinski definition) is 3. The Morgan fingerprint density at radius 3 is 2.40 bits per heavy atom. The molecular formula is C27H25F2N3O2S. The van der Waals surface area contributed by atoms with Gasteiger partial charge in [-0.25, -0.2) is 13.6 Å². The third-order valence-electron chi connectivity index (χ3n) is 6.48. The molecule has 0 radical (unpaired) electrons. The molecule has 5 nitrogen and oxygen atoms in total. The quantitative estimate of drug-likeness (QED) is 0.480. The molecule has 3 aromatic carbocycles. The molecule has 2 aliphatic rings. The van der Waals surface area contributed by atoms with Crippen molar-refractivity contribution in [2.45, 2.75) is 31.2 Å². The summed E-state index contributed by atoms with van der Waals surface area (Å²) in [5, 5.41) is 2.91. The van der Waals surface area contributed by atoms with Crippen molar-refractivity contribution < 1.29 is 18.4 Å². The molecule has 1 N–H and O–H groups in total. The molecule has 3 aromatic rings. The van der Waals surface area contributed by atoms with Gasteiger partial charge in [0, 0.05) is 23.5 Å². The highest BCUT2D eigenvalue weighted by atomic mass is 32.2. The Bertz CT molecular complexity index is 1280. The number of fused-ring (bicyclic) bond motifs is 2. The maximum Gasteiger partial charge on any atom is 0.323 e. The second kappa shape index (κ2) is 9.00. The van der Waals surface area contributed by atoms with Crippen molar-refractivity contribution in [2.24, 2.45) is 0 Å². The topological polar surface area (TPSA) is 52.7 Å². The van der Waals surface area contributed by atoms with Crippen LogP contribution in [-0.2, 0) is 16.2 Å². The zero-order chi connectivity index (χ0) is 24.7. The molecule has 0 aromatic heterocycles. The van der Waals surface area contributed by atoms with Crippen molar-refractivity contribution in [1.82, 2.24) is 4.90 Å². The molecule has 1 saturated heterocycles. The first kappa shape index (κ1) is 23.4. The van der Waals surface area contributed by atoms with Crippen LogP contribution >= 0.6 is 11.8 Å². The number of amides is 3. The fraction of sp³-hybridized carbons (Fsp3) is 0.259. The highest BCUT2D eigenvalue weighted by Gasteiger charge is 2.59. The van der Waals surface area contributed by atoms with E-state index in [0.717, 1.165) is 11.1 Å². The summed E-state index contributed by atoms with van der Waals surface area (Å²) in [4.78, 5) is 29.1. The van der Waals surface area contributed by atoms with Crippen molar-refractivity contribution in [2.75, 3.05) is 22.5 Å². The molecule has 0 saturated carbocycles. The normalized spacial score (nSPS) is 19.1. The molecule has 180 valence electrons. The number of hydrogen-bond donors (Lipinski definition) is 1. The van der Waals surface area contributed by atoms with Crippen molar-refractivity contribution in [3.05, 3.63) is 95.1 Å². The minimum absolute atomic E-state index is 0.187. The summed E-state index contributed by atoms with van der Waals surface area (Å²) in [6.07, 6.45) is 0. The van der Waals surface area contributed by atoms with Gasteiger partial charge in [0.05, 0.1) is 12.2 Å². The van der Waals surface area contributed by atoms with E-state index >= 15 is 0 Å². The molecule has 1 atom stereocenters. The van der Waals surface area contributed by atoms with Gasteiger partial charge in [-0.2, -0.15) is 0 Å². The lowest BCUT2D eigenvalue weighted by Crippen LogP contribution is -2.51. The monoisotopic (exact) mass is 493 g/mol. The van der Waals surface area contributed by atoms with Gasteiger partial charge in [-0.1, -0.05) is 38.1 Å². The number of carbonyl (C=O) groups is 2. The number of halogens is 2. The van der Waals surface area contributed by atoms with E-state index in [1.165, 1.54) is 40.9 Å². The van der Waals surface area contributed by atoms with E-state index in [1.807, 2.05) is 24.3 Å². The molecule has 8 heteroatoms. The fourth-order valence-electron chi connectivity index (χ4n) is 4.66. The van der Waals surface area contributed by atoms with Gasteiger partial charge in [-0.3, -0.25) is 9.69 Å². The van der Waals surface area contributed by atoms with Crippen LogP contribution in [-0.4, -0.2) is 29.1 Å². The Balaban J connectivity index is 1.48. The van der Waals surface area contributed by atoms with Crippen LogP contribution in [0.2, 0.25) is 0 Å². The largest absolute Gasteiger partial charge is 0.323 e. The molecular weight excluding hydrogens is 468 g/mol. The third-order valence-corrected chi connectivity index (χ3v) is 7.90. The Kier molecular flexibility index (Phi) is 6.01. The molecule has 3 amide bonds. The number of nitrogens with one attached hydrogen (secondary N) is 1. The SMILES string of the molecule is CC(C)c1ccc(NC(=O)N2CCS[C@@]23C(=O)N(Cc2ccc(F)cc2)c2ccc(F)cc23)cc1. The standard InChI is InChI=1S/C27H25F2N3O2S/c1-17(2)19-5-10-22(11-6-19)30-26(34)32-13-14-35-27(32)23-15-21(29)9-12-24(23)31(25(27)33)16-18-3-7-20(28)8-4-18/h3-12,15,17H,13-14,16H2,1-2H3,(H,30,34)/t27-/m0/s1. The first-order valence-electron chi connectivity index (χ1n) is 11.5. The predicted octanol–water partition coefficient (Wildman–Crippen LogP) is 6.07. The van der Waals surface area contributed by atoms with Gasteiger partial charge in [0.25, 0.3) is 5.91 Å². The van der Waals surface area contributed by atoms with E-state index in [0.29, 0.717) is 35.2 Å². The average molecular weight is 494 g/mol. The second-order valence-electron chi connectivity index (χ2n) is 9.03. The first-order chi connectivity index (χ1) is 16.8. The first-order valence-corrected chi connectivity index (χ1v) is 12.5. The summed E-state index contributed by atoms with van der Waals surface area (Å²) in [5.74, 6) is -0.248. The number of thioether (sulfide) groups is 1. The van der Waals surface area contributed by atoms with Gasteiger partial charge < -0.3 is 10.2 Å². The molecule has 2 aliphatic heterocycles. The average Bonchev–Trinajstić information content (AvgIpc) is 3.38. The van der Waals surface area contributed by atoms with Crippen LogP contribution in [0.3, 0.4) is 0 Å². The maximum atomic E-state index is 14.4. The van der Waals surface area contributed by atoms with E-state index in [9.17, 15) is 18.4 Å². The number of nitrogens with zero attached hydrogens (tertiary/aromatic N) is 2. The molecule has 0 unspecified atom stereocenters. The molecule has 35 heavy (non-hydrogen) atoms. The van der Waals surface area contributed by atoms with Gasteiger partial charge in [0.15, 0.2) is 4.87 Å².